The molecule has 1 aliphatic heterocycles. The van der Waals surface area contributed by atoms with Gasteiger partial charge in [-0.05, 0) is 12.1 Å². The van der Waals surface area contributed by atoms with Crippen LogP contribution in [0.5, 0.6) is 0 Å². The minimum Gasteiger partial charge on any atom is -0.445 e. The predicted octanol–water partition coefficient (Wildman–Crippen LogP) is 1.30. The molecule has 0 amide bonds. The van der Waals surface area contributed by atoms with Gasteiger partial charge in [-0.2, -0.15) is 9.40 Å². The Morgan fingerprint density at radius 3 is 2.67 bits per heavy atom. The summed E-state index contributed by atoms with van der Waals surface area (Å²) in [5, 5.41) is 8.10. The first-order valence-corrected chi connectivity index (χ1v) is 9.44. The molecule has 0 spiro atoms. The Hall–Kier alpha value is -2.39. The number of oxazole rings is 1. The Bertz CT molecular complexity index is 956. The van der Waals surface area contributed by atoms with Gasteiger partial charge in [0.2, 0.25) is 15.9 Å². The largest absolute Gasteiger partial charge is 0.445 e. The molecule has 1 aliphatic rings. The maximum absolute atomic E-state index is 11.7. The molecule has 8 nitrogen and oxygen atoms in total. The first kappa shape index (κ1) is 15.2. The van der Waals surface area contributed by atoms with Crippen molar-refractivity contribution in [2.75, 3.05) is 37.3 Å². The molecule has 126 valence electrons. The molecule has 0 radical (unpaired) electrons. The van der Waals surface area contributed by atoms with E-state index in [1.54, 1.807) is 12.4 Å². The van der Waals surface area contributed by atoms with Crippen LogP contribution < -0.4 is 4.90 Å². The standard InChI is InChI=1S/C15H17N5O3S/c1-24(21,22)20-5-3-19(4-6-20)14-9-11(15-16-2-7-23-15)8-13-12(14)10-17-18-13/h2,7-10H,3-6H2,1H3,(H,17,18). The molecule has 1 aromatic carbocycles. The molecule has 1 saturated heterocycles. The van der Waals surface area contributed by atoms with Crippen LogP contribution in [0.2, 0.25) is 0 Å². The van der Waals surface area contributed by atoms with Crippen LogP contribution >= 0.6 is 0 Å². The van der Waals surface area contributed by atoms with E-state index in [0.29, 0.717) is 32.1 Å². The number of aromatic nitrogens is 3. The summed E-state index contributed by atoms with van der Waals surface area (Å²) in [6.45, 7) is 2.20. The third kappa shape index (κ3) is 2.65. The summed E-state index contributed by atoms with van der Waals surface area (Å²) >= 11 is 0. The fourth-order valence-electron chi connectivity index (χ4n) is 3.04. The van der Waals surface area contributed by atoms with E-state index in [9.17, 15) is 8.42 Å². The smallest absolute Gasteiger partial charge is 0.226 e. The van der Waals surface area contributed by atoms with Crippen molar-refractivity contribution < 1.29 is 12.8 Å². The summed E-state index contributed by atoms with van der Waals surface area (Å²) in [7, 11) is -3.14. The number of fused-ring (bicyclic) bond motifs is 1. The van der Waals surface area contributed by atoms with Gasteiger partial charge in [0.15, 0.2) is 0 Å². The van der Waals surface area contributed by atoms with Gasteiger partial charge in [0.05, 0.1) is 24.2 Å². The lowest BCUT2D eigenvalue weighted by Crippen LogP contribution is -2.48. The van der Waals surface area contributed by atoms with Crippen LogP contribution in [0.3, 0.4) is 0 Å². The molecular weight excluding hydrogens is 330 g/mol. The average molecular weight is 347 g/mol. The number of nitrogens with one attached hydrogen (secondary N) is 1. The van der Waals surface area contributed by atoms with E-state index in [1.807, 2.05) is 12.1 Å². The molecule has 3 heterocycles. The van der Waals surface area contributed by atoms with Crippen LogP contribution in [0.15, 0.2) is 35.2 Å². The van der Waals surface area contributed by atoms with Gasteiger partial charge in [-0.1, -0.05) is 0 Å². The number of rotatable bonds is 3. The van der Waals surface area contributed by atoms with Crippen molar-refractivity contribution in [3.63, 3.8) is 0 Å². The first-order chi connectivity index (χ1) is 11.5. The van der Waals surface area contributed by atoms with Crippen molar-refractivity contribution in [2.24, 2.45) is 0 Å². The Labute approximate surface area is 139 Å². The lowest BCUT2D eigenvalue weighted by molar-refractivity contribution is 0.388. The topological polar surface area (TPSA) is 95.3 Å². The van der Waals surface area contributed by atoms with Gasteiger partial charge in [0.1, 0.15) is 6.26 Å². The maximum Gasteiger partial charge on any atom is 0.226 e. The van der Waals surface area contributed by atoms with Crippen LogP contribution in [0.1, 0.15) is 0 Å². The molecule has 0 unspecified atom stereocenters. The first-order valence-electron chi connectivity index (χ1n) is 7.59. The van der Waals surface area contributed by atoms with Gasteiger partial charge in [0.25, 0.3) is 0 Å². The van der Waals surface area contributed by atoms with E-state index in [1.165, 1.54) is 16.8 Å². The second-order valence-corrected chi connectivity index (χ2v) is 7.80. The van der Waals surface area contributed by atoms with Crippen LogP contribution in [-0.4, -0.2) is 60.3 Å². The van der Waals surface area contributed by atoms with Crippen molar-refractivity contribution in [1.29, 1.82) is 0 Å². The number of H-pyrrole nitrogens is 1. The summed E-state index contributed by atoms with van der Waals surface area (Å²) in [5.74, 6) is 0.544. The fourth-order valence-corrected chi connectivity index (χ4v) is 3.87. The number of hydrogen-bond donors (Lipinski definition) is 1. The monoisotopic (exact) mass is 347 g/mol. The van der Waals surface area contributed by atoms with Crippen LogP contribution in [0.25, 0.3) is 22.4 Å². The highest BCUT2D eigenvalue weighted by molar-refractivity contribution is 7.88. The van der Waals surface area contributed by atoms with E-state index in [-0.39, 0.29) is 0 Å². The van der Waals surface area contributed by atoms with Crippen molar-refractivity contribution in [3.05, 3.63) is 30.8 Å². The molecule has 0 bridgehead atoms. The highest BCUT2D eigenvalue weighted by atomic mass is 32.2. The van der Waals surface area contributed by atoms with Crippen LogP contribution in [-0.2, 0) is 10.0 Å². The van der Waals surface area contributed by atoms with Gasteiger partial charge in [-0.15, -0.1) is 0 Å². The van der Waals surface area contributed by atoms with Crippen LogP contribution in [0.4, 0.5) is 5.69 Å². The molecule has 1 N–H and O–H groups in total. The van der Waals surface area contributed by atoms with Crippen LogP contribution in [0, 0.1) is 0 Å². The zero-order chi connectivity index (χ0) is 16.7. The SMILES string of the molecule is CS(=O)(=O)N1CCN(c2cc(-c3ncco3)cc3[nH]ncc23)CC1. The molecule has 0 saturated carbocycles. The lowest BCUT2D eigenvalue weighted by atomic mass is 10.1. The van der Waals surface area contributed by atoms with E-state index < -0.39 is 10.0 Å². The predicted molar refractivity (Wildman–Crippen MR) is 90.2 cm³/mol. The molecule has 9 heteroatoms. The Morgan fingerprint density at radius 1 is 1.21 bits per heavy atom. The lowest BCUT2D eigenvalue weighted by Gasteiger charge is -2.35. The van der Waals surface area contributed by atoms with E-state index in [0.717, 1.165) is 22.2 Å². The molecular formula is C15H17N5O3S. The Morgan fingerprint density at radius 2 is 2.00 bits per heavy atom. The number of sulfonamides is 1. The van der Waals surface area contributed by atoms with Gasteiger partial charge < -0.3 is 9.32 Å². The van der Waals surface area contributed by atoms with E-state index >= 15 is 0 Å². The van der Waals surface area contributed by atoms with Crippen molar-refractivity contribution in [1.82, 2.24) is 19.5 Å². The third-order valence-electron chi connectivity index (χ3n) is 4.26. The summed E-state index contributed by atoms with van der Waals surface area (Å²) in [6, 6.07) is 3.96. The maximum atomic E-state index is 11.7. The van der Waals surface area contributed by atoms with Crippen molar-refractivity contribution >= 4 is 26.6 Å². The summed E-state index contributed by atoms with van der Waals surface area (Å²) in [4.78, 5) is 6.37. The highest BCUT2D eigenvalue weighted by Gasteiger charge is 2.25. The number of anilines is 1. The normalized spacial score (nSPS) is 16.8. The molecule has 3 aromatic rings. The molecule has 24 heavy (non-hydrogen) atoms. The van der Waals surface area contributed by atoms with Gasteiger partial charge >= 0.3 is 0 Å². The van der Waals surface area contributed by atoms with Crippen molar-refractivity contribution in [2.45, 2.75) is 0 Å². The Balaban J connectivity index is 1.70. The van der Waals surface area contributed by atoms with Crippen molar-refractivity contribution in [3.8, 4) is 11.5 Å². The third-order valence-corrected chi connectivity index (χ3v) is 5.57. The zero-order valence-corrected chi connectivity index (χ0v) is 14.0. The molecule has 2 aromatic heterocycles. The summed E-state index contributed by atoms with van der Waals surface area (Å²) in [5.41, 5.74) is 2.76. The zero-order valence-electron chi connectivity index (χ0n) is 13.1. The second-order valence-electron chi connectivity index (χ2n) is 5.81. The number of nitrogens with zero attached hydrogens (tertiary/aromatic N) is 4. The van der Waals surface area contributed by atoms with E-state index in [4.69, 9.17) is 4.42 Å². The molecule has 4 rings (SSSR count). The summed E-state index contributed by atoms with van der Waals surface area (Å²) in [6.07, 6.45) is 6.18. The molecule has 0 atom stereocenters. The Kier molecular flexibility index (Phi) is 3.54. The van der Waals surface area contributed by atoms with E-state index in [2.05, 4.69) is 20.1 Å². The minimum absolute atomic E-state index is 0.474. The number of hydrogen-bond acceptors (Lipinski definition) is 6. The van der Waals surface area contributed by atoms with Gasteiger partial charge in [-0.25, -0.2) is 13.4 Å². The fraction of sp³-hybridized carbons (Fsp3) is 0.333. The number of benzene rings is 1. The second kappa shape index (κ2) is 5.60. The van der Waals surface area contributed by atoms with Gasteiger partial charge in [0, 0.05) is 42.8 Å². The molecule has 1 fully saturated rings. The highest BCUT2D eigenvalue weighted by Crippen LogP contribution is 2.32. The average Bonchev–Trinajstić information content (AvgIpc) is 3.24. The quantitative estimate of drug-likeness (QED) is 0.767. The molecule has 0 aliphatic carbocycles. The number of piperazine rings is 1. The minimum atomic E-state index is -3.14. The number of aromatic amines is 1. The summed E-state index contributed by atoms with van der Waals surface area (Å²) < 4.78 is 30.3. The van der Waals surface area contributed by atoms with Gasteiger partial charge in [-0.3, -0.25) is 5.10 Å².